The van der Waals surface area contributed by atoms with Crippen LogP contribution in [-0.4, -0.2) is 14.5 Å². The second-order valence-corrected chi connectivity index (χ2v) is 6.31. The highest BCUT2D eigenvalue weighted by atomic mass is 32.2. The summed E-state index contributed by atoms with van der Waals surface area (Å²) in [5.41, 5.74) is -1.04. The zero-order chi connectivity index (χ0) is 15.0. The predicted octanol–water partition coefficient (Wildman–Crippen LogP) is 2.29. The molecule has 1 aliphatic carbocycles. The molecule has 1 atom stereocenters. The van der Waals surface area contributed by atoms with E-state index in [9.17, 15) is 21.6 Å². The molecule has 0 radical (unpaired) electrons. The summed E-state index contributed by atoms with van der Waals surface area (Å²) in [6.45, 7) is 0. The summed E-state index contributed by atoms with van der Waals surface area (Å²) in [6, 6.07) is 4.37. The van der Waals surface area contributed by atoms with Crippen LogP contribution < -0.4 is 4.72 Å². The van der Waals surface area contributed by atoms with Gasteiger partial charge in [-0.25, -0.2) is 8.42 Å². The molecule has 1 saturated carbocycles. The summed E-state index contributed by atoms with van der Waals surface area (Å²) in [7, 11) is -4.13. The summed E-state index contributed by atoms with van der Waals surface area (Å²) < 4.78 is 63.8. The molecule has 0 heterocycles. The molecule has 0 amide bonds. The highest BCUT2D eigenvalue weighted by Gasteiger charge is 2.35. The Bertz CT molecular complexity index is 645. The fourth-order valence-corrected chi connectivity index (χ4v) is 2.99. The van der Waals surface area contributed by atoms with Crippen LogP contribution in [0.15, 0.2) is 29.2 Å². The van der Waals surface area contributed by atoms with Crippen molar-refractivity contribution in [3.63, 3.8) is 0 Å². The van der Waals surface area contributed by atoms with Gasteiger partial charge in [-0.2, -0.15) is 23.2 Å². The molecule has 1 aliphatic rings. The van der Waals surface area contributed by atoms with Crippen molar-refractivity contribution in [3.8, 4) is 6.07 Å². The molecule has 1 aromatic rings. The molecule has 0 saturated heterocycles. The molecule has 0 spiro atoms. The summed E-state index contributed by atoms with van der Waals surface area (Å²) in [6.07, 6.45) is -3.14. The van der Waals surface area contributed by atoms with Gasteiger partial charge in [-0.05, 0) is 37.0 Å². The summed E-state index contributed by atoms with van der Waals surface area (Å²) in [5.74, 6) is -0.0550. The fourth-order valence-electron chi connectivity index (χ4n) is 1.73. The second-order valence-electron chi connectivity index (χ2n) is 4.59. The maximum atomic E-state index is 12.6. The van der Waals surface area contributed by atoms with Crippen molar-refractivity contribution in [2.45, 2.75) is 30.0 Å². The average Bonchev–Trinajstić information content (AvgIpc) is 3.19. The van der Waals surface area contributed by atoms with Gasteiger partial charge >= 0.3 is 6.18 Å². The third kappa shape index (κ3) is 3.29. The lowest BCUT2D eigenvalue weighted by Gasteiger charge is -2.13. The van der Waals surface area contributed by atoms with E-state index in [2.05, 4.69) is 4.72 Å². The molecule has 1 fully saturated rings. The van der Waals surface area contributed by atoms with Gasteiger partial charge in [-0.15, -0.1) is 0 Å². The standard InChI is InChI=1S/C12H11F3N2O2S/c13-12(14,15)9-2-1-3-10(6-9)20(18,19)17-11(7-16)8-4-5-8/h1-3,6,8,11,17H,4-5H2. The third-order valence-corrected chi connectivity index (χ3v) is 4.43. The molecule has 0 aliphatic heterocycles. The highest BCUT2D eigenvalue weighted by Crippen LogP contribution is 2.34. The van der Waals surface area contributed by atoms with E-state index >= 15 is 0 Å². The SMILES string of the molecule is N#CC(NS(=O)(=O)c1cccc(C(F)(F)F)c1)C1CC1. The monoisotopic (exact) mass is 304 g/mol. The minimum absolute atomic E-state index is 0.0550. The van der Waals surface area contributed by atoms with Gasteiger partial charge in [-0.3, -0.25) is 0 Å². The number of nitriles is 1. The van der Waals surface area contributed by atoms with E-state index in [-0.39, 0.29) is 5.92 Å². The first kappa shape index (κ1) is 14.8. The fraction of sp³-hybridized carbons (Fsp3) is 0.417. The van der Waals surface area contributed by atoms with E-state index in [1.807, 2.05) is 6.07 Å². The van der Waals surface area contributed by atoms with E-state index < -0.39 is 32.7 Å². The Morgan fingerprint density at radius 1 is 1.35 bits per heavy atom. The Hall–Kier alpha value is -1.59. The molecule has 108 valence electrons. The first-order valence-corrected chi connectivity index (χ1v) is 7.31. The molecule has 1 N–H and O–H groups in total. The van der Waals surface area contributed by atoms with E-state index in [1.54, 1.807) is 0 Å². The second kappa shape index (κ2) is 5.07. The molecule has 0 aromatic heterocycles. The molecule has 4 nitrogen and oxygen atoms in total. The van der Waals surface area contributed by atoms with E-state index in [0.717, 1.165) is 31.0 Å². The van der Waals surface area contributed by atoms with Crippen LogP contribution in [0.1, 0.15) is 18.4 Å². The van der Waals surface area contributed by atoms with Crippen LogP contribution in [0.2, 0.25) is 0 Å². The normalized spacial score (nSPS) is 17.5. The van der Waals surface area contributed by atoms with Crippen molar-refractivity contribution < 1.29 is 21.6 Å². The van der Waals surface area contributed by atoms with Crippen LogP contribution >= 0.6 is 0 Å². The zero-order valence-electron chi connectivity index (χ0n) is 10.2. The number of sulfonamides is 1. The molecule has 0 bridgehead atoms. The highest BCUT2D eigenvalue weighted by molar-refractivity contribution is 7.89. The van der Waals surface area contributed by atoms with Gasteiger partial charge in [-0.1, -0.05) is 6.07 Å². The average molecular weight is 304 g/mol. The molecule has 8 heteroatoms. The van der Waals surface area contributed by atoms with Crippen LogP contribution in [0.4, 0.5) is 13.2 Å². The summed E-state index contributed by atoms with van der Waals surface area (Å²) in [4.78, 5) is -0.492. The molecular formula is C12H11F3N2O2S. The quantitative estimate of drug-likeness (QED) is 0.927. The maximum Gasteiger partial charge on any atom is 0.416 e. The lowest BCUT2D eigenvalue weighted by atomic mass is 10.2. The van der Waals surface area contributed by atoms with Crippen molar-refractivity contribution in [1.29, 1.82) is 5.26 Å². The number of nitrogens with zero attached hydrogens (tertiary/aromatic N) is 1. The number of hydrogen-bond acceptors (Lipinski definition) is 3. The number of rotatable bonds is 4. The molecule has 1 aromatic carbocycles. The van der Waals surface area contributed by atoms with Gasteiger partial charge in [0.25, 0.3) is 0 Å². The maximum absolute atomic E-state index is 12.6. The summed E-state index contributed by atoms with van der Waals surface area (Å²) >= 11 is 0. The number of halogens is 3. The van der Waals surface area contributed by atoms with E-state index in [4.69, 9.17) is 5.26 Å². The van der Waals surface area contributed by atoms with Crippen LogP contribution in [0, 0.1) is 17.2 Å². The van der Waals surface area contributed by atoms with E-state index in [1.165, 1.54) is 0 Å². The topological polar surface area (TPSA) is 70.0 Å². The predicted molar refractivity (Wildman–Crippen MR) is 63.9 cm³/mol. The van der Waals surface area contributed by atoms with Gasteiger partial charge in [0, 0.05) is 0 Å². The Labute approximate surface area is 114 Å². The van der Waals surface area contributed by atoms with Crippen molar-refractivity contribution in [3.05, 3.63) is 29.8 Å². The number of nitrogens with one attached hydrogen (secondary N) is 1. The van der Waals surface area contributed by atoms with Gasteiger partial charge in [0.1, 0.15) is 6.04 Å². The molecule has 20 heavy (non-hydrogen) atoms. The third-order valence-electron chi connectivity index (χ3n) is 2.99. The Morgan fingerprint density at radius 3 is 2.50 bits per heavy atom. The van der Waals surface area contributed by atoms with Crippen molar-refractivity contribution in [2.24, 2.45) is 5.92 Å². The number of benzene rings is 1. The van der Waals surface area contributed by atoms with Gasteiger partial charge in [0.2, 0.25) is 10.0 Å². The van der Waals surface area contributed by atoms with Gasteiger partial charge < -0.3 is 0 Å². The lowest BCUT2D eigenvalue weighted by Crippen LogP contribution is -2.35. The minimum Gasteiger partial charge on any atom is -0.207 e. The first-order chi connectivity index (χ1) is 9.24. The first-order valence-electron chi connectivity index (χ1n) is 5.83. The largest absolute Gasteiger partial charge is 0.416 e. The van der Waals surface area contributed by atoms with E-state index in [0.29, 0.717) is 6.07 Å². The van der Waals surface area contributed by atoms with Crippen LogP contribution in [0.5, 0.6) is 0 Å². The van der Waals surface area contributed by atoms with Gasteiger partial charge in [0.05, 0.1) is 16.5 Å². The Kier molecular flexibility index (Phi) is 3.75. The van der Waals surface area contributed by atoms with Crippen LogP contribution in [0.3, 0.4) is 0 Å². The Balaban J connectivity index is 2.28. The van der Waals surface area contributed by atoms with Crippen molar-refractivity contribution >= 4 is 10.0 Å². The molecule has 2 rings (SSSR count). The molecule has 1 unspecified atom stereocenters. The minimum atomic E-state index is -4.61. The molecular weight excluding hydrogens is 293 g/mol. The van der Waals surface area contributed by atoms with Crippen LogP contribution in [0.25, 0.3) is 0 Å². The smallest absolute Gasteiger partial charge is 0.207 e. The Morgan fingerprint density at radius 2 is 2.00 bits per heavy atom. The van der Waals surface area contributed by atoms with Crippen molar-refractivity contribution in [2.75, 3.05) is 0 Å². The number of alkyl halides is 3. The van der Waals surface area contributed by atoms with Crippen LogP contribution in [-0.2, 0) is 16.2 Å². The lowest BCUT2D eigenvalue weighted by molar-refractivity contribution is -0.137. The zero-order valence-corrected chi connectivity index (χ0v) is 11.0. The summed E-state index contributed by atoms with van der Waals surface area (Å²) in [5, 5.41) is 8.87. The van der Waals surface area contributed by atoms with Crippen molar-refractivity contribution in [1.82, 2.24) is 4.72 Å². The van der Waals surface area contributed by atoms with Gasteiger partial charge in [0.15, 0.2) is 0 Å². The number of hydrogen-bond donors (Lipinski definition) is 1.